The van der Waals surface area contributed by atoms with Gasteiger partial charge in [0.2, 0.25) is 0 Å². The van der Waals surface area contributed by atoms with E-state index >= 15 is 0 Å². The van der Waals surface area contributed by atoms with Gasteiger partial charge in [-0.25, -0.2) is 0 Å². The normalized spacial score (nSPS) is 23.2. The summed E-state index contributed by atoms with van der Waals surface area (Å²) in [5.41, 5.74) is 0.675. The number of aromatic amines is 1. The van der Waals surface area contributed by atoms with Crippen molar-refractivity contribution in [2.45, 2.75) is 31.7 Å². The fraction of sp³-hybridized carbons (Fsp3) is 0.692. The molecule has 2 fully saturated rings. The number of H-pyrrole nitrogens is 1. The van der Waals surface area contributed by atoms with Crippen molar-refractivity contribution in [3.8, 4) is 0 Å². The van der Waals surface area contributed by atoms with Crippen molar-refractivity contribution in [1.82, 2.24) is 20.4 Å². The Morgan fingerprint density at radius 1 is 1.39 bits per heavy atom. The SMILES string of the molecule is O=C(c1cn[nH]c1)N(CC1CC1)CC1CCCN1. The summed E-state index contributed by atoms with van der Waals surface area (Å²) in [5.74, 6) is 0.839. The van der Waals surface area contributed by atoms with Crippen LogP contribution < -0.4 is 5.32 Å². The molecule has 0 bridgehead atoms. The van der Waals surface area contributed by atoms with Crippen molar-refractivity contribution >= 4 is 5.91 Å². The molecule has 1 amide bonds. The Morgan fingerprint density at radius 2 is 2.28 bits per heavy atom. The third kappa shape index (κ3) is 2.72. The molecule has 0 radical (unpaired) electrons. The number of nitrogens with zero attached hydrogens (tertiary/aromatic N) is 2. The van der Waals surface area contributed by atoms with Crippen LogP contribution in [0.15, 0.2) is 12.4 Å². The number of carbonyl (C=O) groups is 1. The lowest BCUT2D eigenvalue weighted by molar-refractivity contribution is 0.0733. The van der Waals surface area contributed by atoms with Gasteiger partial charge in [-0.3, -0.25) is 9.89 Å². The van der Waals surface area contributed by atoms with Gasteiger partial charge in [-0.05, 0) is 38.1 Å². The molecule has 1 aliphatic carbocycles. The van der Waals surface area contributed by atoms with Crippen LogP contribution in [0.25, 0.3) is 0 Å². The molecule has 1 saturated carbocycles. The van der Waals surface area contributed by atoms with E-state index in [1.54, 1.807) is 12.4 Å². The minimum absolute atomic E-state index is 0.115. The van der Waals surface area contributed by atoms with Crippen molar-refractivity contribution in [1.29, 1.82) is 0 Å². The molecular formula is C13H20N4O. The quantitative estimate of drug-likeness (QED) is 0.817. The Bertz CT molecular complexity index is 393. The average Bonchev–Trinajstić information content (AvgIpc) is 2.88. The Labute approximate surface area is 107 Å². The number of rotatable bonds is 5. The number of nitrogens with one attached hydrogen (secondary N) is 2. The van der Waals surface area contributed by atoms with Gasteiger partial charge in [0.15, 0.2) is 0 Å². The fourth-order valence-corrected chi connectivity index (χ4v) is 2.58. The van der Waals surface area contributed by atoms with Gasteiger partial charge in [0.25, 0.3) is 5.91 Å². The topological polar surface area (TPSA) is 61.0 Å². The zero-order chi connectivity index (χ0) is 12.4. The molecule has 2 heterocycles. The first-order chi connectivity index (χ1) is 8.83. The van der Waals surface area contributed by atoms with E-state index in [1.165, 1.54) is 25.7 Å². The second-order valence-corrected chi connectivity index (χ2v) is 5.43. The second-order valence-electron chi connectivity index (χ2n) is 5.43. The second kappa shape index (κ2) is 5.10. The molecular weight excluding hydrogens is 228 g/mol. The van der Waals surface area contributed by atoms with Gasteiger partial charge in [0.1, 0.15) is 0 Å². The minimum atomic E-state index is 0.115. The highest BCUT2D eigenvalue weighted by Gasteiger charge is 2.29. The zero-order valence-electron chi connectivity index (χ0n) is 10.6. The fourth-order valence-electron chi connectivity index (χ4n) is 2.58. The number of hydrogen-bond acceptors (Lipinski definition) is 3. The molecule has 0 aromatic carbocycles. The molecule has 5 nitrogen and oxygen atoms in total. The van der Waals surface area contributed by atoms with Crippen molar-refractivity contribution in [2.75, 3.05) is 19.6 Å². The van der Waals surface area contributed by atoms with Crippen molar-refractivity contribution < 1.29 is 4.79 Å². The van der Waals surface area contributed by atoms with Crippen molar-refractivity contribution in [3.05, 3.63) is 18.0 Å². The van der Waals surface area contributed by atoms with Gasteiger partial charge >= 0.3 is 0 Å². The van der Waals surface area contributed by atoms with Crippen LogP contribution in [0.5, 0.6) is 0 Å². The average molecular weight is 248 g/mol. The molecule has 2 N–H and O–H groups in total. The van der Waals surface area contributed by atoms with Crippen LogP contribution in [-0.2, 0) is 0 Å². The summed E-state index contributed by atoms with van der Waals surface area (Å²) in [6, 6.07) is 0.472. The van der Waals surface area contributed by atoms with E-state index in [-0.39, 0.29) is 5.91 Å². The predicted molar refractivity (Wildman–Crippen MR) is 68.2 cm³/mol. The minimum Gasteiger partial charge on any atom is -0.337 e. The van der Waals surface area contributed by atoms with Crippen LogP contribution in [0.2, 0.25) is 0 Å². The summed E-state index contributed by atoms with van der Waals surface area (Å²) in [4.78, 5) is 14.4. The molecule has 1 aliphatic heterocycles. The lowest BCUT2D eigenvalue weighted by atomic mass is 10.2. The van der Waals surface area contributed by atoms with Crippen LogP contribution in [-0.4, -0.2) is 46.7 Å². The van der Waals surface area contributed by atoms with Crippen LogP contribution in [0, 0.1) is 5.92 Å². The molecule has 5 heteroatoms. The van der Waals surface area contributed by atoms with Crippen LogP contribution in [0.1, 0.15) is 36.0 Å². The van der Waals surface area contributed by atoms with E-state index in [1.807, 2.05) is 4.90 Å². The van der Waals surface area contributed by atoms with Gasteiger partial charge in [-0.15, -0.1) is 0 Å². The van der Waals surface area contributed by atoms with Gasteiger partial charge in [0.05, 0.1) is 11.8 Å². The van der Waals surface area contributed by atoms with Crippen LogP contribution >= 0.6 is 0 Å². The van der Waals surface area contributed by atoms with Crippen LogP contribution in [0.3, 0.4) is 0 Å². The molecule has 0 spiro atoms. The van der Waals surface area contributed by atoms with Gasteiger partial charge < -0.3 is 10.2 Å². The number of carbonyl (C=O) groups excluding carboxylic acids is 1. The standard InChI is InChI=1S/C13H20N4O/c18-13(11-6-15-16-7-11)17(8-10-3-4-10)9-12-2-1-5-14-12/h6-7,10,12,14H,1-5,8-9H2,(H,15,16). The van der Waals surface area contributed by atoms with Crippen molar-refractivity contribution in [2.24, 2.45) is 5.92 Å². The van der Waals surface area contributed by atoms with E-state index in [4.69, 9.17) is 0 Å². The monoisotopic (exact) mass is 248 g/mol. The summed E-state index contributed by atoms with van der Waals surface area (Å²) in [7, 11) is 0. The van der Waals surface area contributed by atoms with Crippen LogP contribution in [0.4, 0.5) is 0 Å². The zero-order valence-corrected chi connectivity index (χ0v) is 10.6. The lowest BCUT2D eigenvalue weighted by Gasteiger charge is -2.25. The Morgan fingerprint density at radius 3 is 2.89 bits per heavy atom. The molecule has 3 rings (SSSR count). The molecule has 98 valence electrons. The summed E-state index contributed by atoms with van der Waals surface area (Å²) >= 11 is 0. The molecule has 1 aromatic rings. The molecule has 18 heavy (non-hydrogen) atoms. The van der Waals surface area contributed by atoms with E-state index in [0.717, 1.165) is 25.6 Å². The first-order valence-corrected chi connectivity index (χ1v) is 6.84. The van der Waals surface area contributed by atoms with Gasteiger partial charge in [-0.2, -0.15) is 5.10 Å². The highest BCUT2D eigenvalue weighted by atomic mass is 16.2. The molecule has 1 aromatic heterocycles. The highest BCUT2D eigenvalue weighted by Crippen LogP contribution is 2.30. The Hall–Kier alpha value is -1.36. The molecule has 2 aliphatic rings. The first kappa shape index (κ1) is 11.7. The lowest BCUT2D eigenvalue weighted by Crippen LogP contribution is -2.42. The van der Waals surface area contributed by atoms with Gasteiger partial charge in [-0.1, -0.05) is 0 Å². The summed E-state index contributed by atoms with van der Waals surface area (Å²) in [6.45, 7) is 2.82. The molecule has 1 unspecified atom stereocenters. The predicted octanol–water partition coefficient (Wildman–Crippen LogP) is 1.01. The summed E-state index contributed by atoms with van der Waals surface area (Å²) in [5, 5.41) is 10.0. The van der Waals surface area contributed by atoms with E-state index in [2.05, 4.69) is 15.5 Å². The molecule has 1 atom stereocenters. The first-order valence-electron chi connectivity index (χ1n) is 6.84. The van der Waals surface area contributed by atoms with E-state index in [9.17, 15) is 4.79 Å². The number of amides is 1. The molecule has 1 saturated heterocycles. The maximum Gasteiger partial charge on any atom is 0.257 e. The number of hydrogen-bond donors (Lipinski definition) is 2. The maximum absolute atomic E-state index is 12.4. The third-order valence-corrected chi connectivity index (χ3v) is 3.81. The van der Waals surface area contributed by atoms with Crippen molar-refractivity contribution in [3.63, 3.8) is 0 Å². The summed E-state index contributed by atoms with van der Waals surface area (Å²) in [6.07, 6.45) is 8.25. The number of aromatic nitrogens is 2. The van der Waals surface area contributed by atoms with E-state index in [0.29, 0.717) is 11.6 Å². The smallest absolute Gasteiger partial charge is 0.257 e. The summed E-state index contributed by atoms with van der Waals surface area (Å²) < 4.78 is 0. The third-order valence-electron chi connectivity index (χ3n) is 3.81. The van der Waals surface area contributed by atoms with E-state index < -0.39 is 0 Å². The maximum atomic E-state index is 12.4. The largest absolute Gasteiger partial charge is 0.337 e. The Kier molecular flexibility index (Phi) is 3.32. The highest BCUT2D eigenvalue weighted by molar-refractivity contribution is 5.93. The van der Waals surface area contributed by atoms with Gasteiger partial charge in [0, 0.05) is 25.3 Å². The Balaban J connectivity index is 1.65.